The standard InChI is InChI=1S/C12H22O7Si/c1-5-15-11(13)9-10-12(14)19-20(16-6-2,17-7-3)18-8-4/h9-10H,5-8H2,1-4H3/b10-9-. The second-order valence-electron chi connectivity index (χ2n) is 3.31. The third-order valence-electron chi connectivity index (χ3n) is 1.83. The van der Waals surface area contributed by atoms with Crippen molar-refractivity contribution in [2.75, 3.05) is 26.4 Å². The summed E-state index contributed by atoms with van der Waals surface area (Å²) in [7, 11) is -3.50. The number of carbonyl (C=O) groups is 2. The first-order chi connectivity index (χ1) is 9.53. The second kappa shape index (κ2) is 10.6. The lowest BCUT2D eigenvalue weighted by Crippen LogP contribution is -2.50. The Kier molecular flexibility index (Phi) is 9.91. The molecule has 0 N–H and O–H groups in total. The van der Waals surface area contributed by atoms with E-state index in [4.69, 9.17) is 17.7 Å². The lowest BCUT2D eigenvalue weighted by Gasteiger charge is -2.25. The molecule has 0 fully saturated rings. The van der Waals surface area contributed by atoms with Crippen molar-refractivity contribution in [2.24, 2.45) is 0 Å². The molecule has 0 atom stereocenters. The maximum absolute atomic E-state index is 11.7. The van der Waals surface area contributed by atoms with Crippen molar-refractivity contribution in [3.05, 3.63) is 12.2 Å². The van der Waals surface area contributed by atoms with Crippen LogP contribution < -0.4 is 0 Å². The Morgan fingerprint density at radius 3 is 1.65 bits per heavy atom. The van der Waals surface area contributed by atoms with Gasteiger partial charge in [-0.25, -0.2) is 9.59 Å². The van der Waals surface area contributed by atoms with Gasteiger partial charge in [0.05, 0.1) is 6.61 Å². The maximum Gasteiger partial charge on any atom is 0.751 e. The van der Waals surface area contributed by atoms with Gasteiger partial charge in [-0.2, -0.15) is 0 Å². The van der Waals surface area contributed by atoms with Gasteiger partial charge in [0.1, 0.15) is 0 Å². The van der Waals surface area contributed by atoms with Crippen LogP contribution in [0.15, 0.2) is 12.2 Å². The first-order valence-electron chi connectivity index (χ1n) is 6.53. The zero-order chi connectivity index (χ0) is 15.4. The van der Waals surface area contributed by atoms with E-state index < -0.39 is 21.0 Å². The van der Waals surface area contributed by atoms with Gasteiger partial charge < -0.3 is 22.4 Å². The van der Waals surface area contributed by atoms with E-state index in [1.54, 1.807) is 27.7 Å². The highest BCUT2D eigenvalue weighted by Gasteiger charge is 2.48. The van der Waals surface area contributed by atoms with Crippen LogP contribution in [0.25, 0.3) is 0 Å². The summed E-state index contributed by atoms with van der Waals surface area (Å²) in [6, 6.07) is 0. The fraction of sp³-hybridized carbons (Fsp3) is 0.667. The monoisotopic (exact) mass is 306 g/mol. The minimum absolute atomic E-state index is 0.230. The van der Waals surface area contributed by atoms with Crippen LogP contribution in [0.4, 0.5) is 0 Å². The molecule has 0 spiro atoms. The molecule has 0 aromatic carbocycles. The van der Waals surface area contributed by atoms with Gasteiger partial charge in [-0.15, -0.1) is 0 Å². The van der Waals surface area contributed by atoms with Gasteiger partial charge in [0.2, 0.25) is 0 Å². The van der Waals surface area contributed by atoms with E-state index in [9.17, 15) is 9.59 Å². The number of hydrogen-bond donors (Lipinski definition) is 0. The molecule has 0 aromatic heterocycles. The third-order valence-corrected chi connectivity index (χ3v) is 4.21. The Morgan fingerprint density at radius 1 is 0.800 bits per heavy atom. The fourth-order valence-corrected chi connectivity index (χ4v) is 3.03. The molecule has 0 amide bonds. The molecule has 20 heavy (non-hydrogen) atoms. The molecule has 0 aliphatic heterocycles. The topological polar surface area (TPSA) is 80.3 Å². The zero-order valence-electron chi connectivity index (χ0n) is 12.3. The summed E-state index contributed by atoms with van der Waals surface area (Å²) in [6.07, 6.45) is 1.94. The number of carbonyl (C=O) groups excluding carboxylic acids is 2. The molecular weight excluding hydrogens is 284 g/mol. The summed E-state index contributed by atoms with van der Waals surface area (Å²) in [5.74, 6) is -1.40. The molecule has 0 bridgehead atoms. The van der Waals surface area contributed by atoms with Crippen LogP contribution in [0.1, 0.15) is 27.7 Å². The molecule has 0 aliphatic rings. The molecule has 0 rings (SSSR count). The van der Waals surface area contributed by atoms with Crippen molar-refractivity contribution >= 4 is 21.0 Å². The van der Waals surface area contributed by atoms with Gasteiger partial charge in [0.25, 0.3) is 0 Å². The molecular formula is C12H22O7Si. The van der Waals surface area contributed by atoms with Crippen molar-refractivity contribution in [3.8, 4) is 0 Å². The quantitative estimate of drug-likeness (QED) is 0.341. The van der Waals surface area contributed by atoms with Crippen molar-refractivity contribution in [1.82, 2.24) is 0 Å². The Labute approximate surface area is 120 Å². The molecule has 0 saturated heterocycles. The predicted octanol–water partition coefficient (Wildman–Crippen LogP) is 1.19. The number of hydrogen-bond acceptors (Lipinski definition) is 7. The lowest BCUT2D eigenvalue weighted by molar-refractivity contribution is -0.141. The molecule has 8 heteroatoms. The molecule has 0 aromatic rings. The van der Waals surface area contributed by atoms with Gasteiger partial charge in [0, 0.05) is 32.0 Å². The van der Waals surface area contributed by atoms with Crippen molar-refractivity contribution < 1.29 is 32.0 Å². The second-order valence-corrected chi connectivity index (χ2v) is 5.38. The summed E-state index contributed by atoms with van der Waals surface area (Å²) in [5.41, 5.74) is 0. The summed E-state index contributed by atoms with van der Waals surface area (Å²) < 4.78 is 25.8. The van der Waals surface area contributed by atoms with Crippen LogP contribution >= 0.6 is 0 Å². The summed E-state index contributed by atoms with van der Waals surface area (Å²) in [5, 5.41) is 0. The summed E-state index contributed by atoms with van der Waals surface area (Å²) in [4.78, 5) is 22.8. The SMILES string of the molecule is CCOC(=O)/C=C\C(=O)O[Si](OCC)(OCC)OCC. The average molecular weight is 306 g/mol. The lowest BCUT2D eigenvalue weighted by atomic mass is 10.5. The molecule has 0 aliphatic carbocycles. The van der Waals surface area contributed by atoms with E-state index in [1.165, 1.54) is 0 Å². The minimum Gasteiger partial charge on any atom is -0.463 e. The first kappa shape index (κ1) is 18.8. The fourth-order valence-electron chi connectivity index (χ4n) is 1.23. The normalized spacial score (nSPS) is 11.6. The average Bonchev–Trinajstić information content (AvgIpc) is 2.37. The number of esters is 1. The highest BCUT2D eigenvalue weighted by atomic mass is 28.4. The minimum atomic E-state index is -3.50. The first-order valence-corrected chi connectivity index (χ1v) is 8.16. The van der Waals surface area contributed by atoms with Gasteiger partial charge >= 0.3 is 21.0 Å². The molecule has 7 nitrogen and oxygen atoms in total. The van der Waals surface area contributed by atoms with Crippen molar-refractivity contribution in [3.63, 3.8) is 0 Å². The van der Waals surface area contributed by atoms with Crippen LogP contribution in [0, 0.1) is 0 Å². The van der Waals surface area contributed by atoms with E-state index in [1.807, 2.05) is 0 Å². The number of rotatable bonds is 10. The molecule has 0 heterocycles. The zero-order valence-corrected chi connectivity index (χ0v) is 13.3. The molecule has 0 radical (unpaired) electrons. The maximum atomic E-state index is 11.7. The van der Waals surface area contributed by atoms with Gasteiger partial charge in [-0.3, -0.25) is 0 Å². The smallest absolute Gasteiger partial charge is 0.463 e. The van der Waals surface area contributed by atoms with Crippen LogP contribution in [0.3, 0.4) is 0 Å². The Hall–Kier alpha value is -1.22. The van der Waals surface area contributed by atoms with Crippen LogP contribution in [-0.4, -0.2) is 47.4 Å². The van der Waals surface area contributed by atoms with Crippen molar-refractivity contribution in [2.45, 2.75) is 27.7 Å². The predicted molar refractivity (Wildman–Crippen MR) is 72.5 cm³/mol. The Bertz CT molecular complexity index is 313. The summed E-state index contributed by atoms with van der Waals surface area (Å²) >= 11 is 0. The van der Waals surface area contributed by atoms with Crippen LogP contribution in [0.5, 0.6) is 0 Å². The molecule has 116 valence electrons. The summed E-state index contributed by atoms with van der Waals surface area (Å²) in [6.45, 7) is 7.95. The van der Waals surface area contributed by atoms with Gasteiger partial charge in [-0.05, 0) is 27.7 Å². The molecule has 0 saturated carbocycles. The molecule has 0 unspecified atom stereocenters. The van der Waals surface area contributed by atoms with E-state index in [-0.39, 0.29) is 26.4 Å². The highest BCUT2D eigenvalue weighted by Crippen LogP contribution is 2.12. The van der Waals surface area contributed by atoms with E-state index >= 15 is 0 Å². The highest BCUT2D eigenvalue weighted by molar-refractivity contribution is 6.55. The van der Waals surface area contributed by atoms with Crippen LogP contribution in [-0.2, 0) is 32.0 Å². The Balaban J connectivity index is 4.70. The van der Waals surface area contributed by atoms with E-state index in [0.717, 1.165) is 12.2 Å². The Morgan fingerprint density at radius 2 is 1.25 bits per heavy atom. The number of ether oxygens (including phenoxy) is 1. The third kappa shape index (κ3) is 7.39. The van der Waals surface area contributed by atoms with E-state index in [2.05, 4.69) is 4.74 Å². The van der Waals surface area contributed by atoms with Crippen LogP contribution in [0.2, 0.25) is 0 Å². The van der Waals surface area contributed by atoms with Crippen molar-refractivity contribution in [1.29, 1.82) is 0 Å². The largest absolute Gasteiger partial charge is 0.751 e. The van der Waals surface area contributed by atoms with Gasteiger partial charge in [-0.1, -0.05) is 0 Å². The van der Waals surface area contributed by atoms with E-state index in [0.29, 0.717) is 0 Å². The van der Waals surface area contributed by atoms with Gasteiger partial charge in [0.15, 0.2) is 0 Å².